The molecule has 0 fully saturated rings. The van der Waals surface area contributed by atoms with Crippen molar-refractivity contribution in [3.05, 3.63) is 67.1 Å². The predicted molar refractivity (Wildman–Crippen MR) is 80.5 cm³/mol. The first-order chi connectivity index (χ1) is 8.52. The van der Waals surface area contributed by atoms with E-state index in [4.69, 9.17) is 46.4 Å². The highest BCUT2D eigenvalue weighted by Crippen LogP contribution is 2.41. The second-order valence-electron chi connectivity index (χ2n) is 4.02. The van der Waals surface area contributed by atoms with Crippen LogP contribution in [0.1, 0.15) is 16.7 Å². The largest absolute Gasteiger partial charge is 0.0824 e. The summed E-state index contributed by atoms with van der Waals surface area (Å²) in [5.74, 6) is 0. The van der Waals surface area contributed by atoms with Crippen LogP contribution in [0.25, 0.3) is 0 Å². The van der Waals surface area contributed by atoms with E-state index in [1.807, 2.05) is 37.3 Å². The van der Waals surface area contributed by atoms with Crippen LogP contribution in [-0.4, -0.2) is 0 Å². The van der Waals surface area contributed by atoms with Gasteiger partial charge in [0.05, 0.1) is 20.1 Å². The van der Waals surface area contributed by atoms with Crippen LogP contribution < -0.4 is 0 Å². The molecule has 2 aromatic rings. The average molecular weight is 320 g/mol. The number of hydrogen-bond acceptors (Lipinski definition) is 0. The van der Waals surface area contributed by atoms with E-state index in [0.717, 1.165) is 16.7 Å². The molecule has 0 heterocycles. The summed E-state index contributed by atoms with van der Waals surface area (Å²) >= 11 is 24.5. The molecule has 0 saturated heterocycles. The average Bonchev–Trinajstić information content (AvgIpc) is 2.40. The standard InChI is InChI=1S/C14H10Cl4/c1-8-10(7-9-5-3-2-4-6-9)12(16)14(18)13(17)11(8)15/h2-6H,7H2,1H3. The smallest absolute Gasteiger partial charge is 0.0796 e. The molecule has 0 N–H and O–H groups in total. The highest BCUT2D eigenvalue weighted by Gasteiger charge is 2.17. The fourth-order valence-electron chi connectivity index (χ4n) is 1.80. The second-order valence-corrected chi connectivity index (χ2v) is 5.53. The van der Waals surface area contributed by atoms with Gasteiger partial charge in [0.15, 0.2) is 0 Å². The van der Waals surface area contributed by atoms with E-state index in [2.05, 4.69) is 0 Å². The van der Waals surface area contributed by atoms with Crippen LogP contribution in [0.15, 0.2) is 30.3 Å². The van der Waals surface area contributed by atoms with Crippen molar-refractivity contribution in [2.75, 3.05) is 0 Å². The Hall–Kier alpha value is -0.400. The molecule has 0 aromatic heterocycles. The first-order valence-electron chi connectivity index (χ1n) is 5.37. The lowest BCUT2D eigenvalue weighted by molar-refractivity contribution is 1.16. The first-order valence-corrected chi connectivity index (χ1v) is 6.89. The molecular weight excluding hydrogens is 310 g/mol. The summed E-state index contributed by atoms with van der Waals surface area (Å²) < 4.78 is 0. The third-order valence-electron chi connectivity index (χ3n) is 2.85. The van der Waals surface area contributed by atoms with Gasteiger partial charge in [-0.25, -0.2) is 0 Å². The molecule has 0 saturated carbocycles. The summed E-state index contributed by atoms with van der Waals surface area (Å²) in [5, 5.41) is 1.59. The number of hydrogen-bond donors (Lipinski definition) is 0. The third-order valence-corrected chi connectivity index (χ3v) is 4.78. The zero-order chi connectivity index (χ0) is 13.3. The lowest BCUT2D eigenvalue weighted by Gasteiger charge is -2.13. The van der Waals surface area contributed by atoms with E-state index < -0.39 is 0 Å². The van der Waals surface area contributed by atoms with Gasteiger partial charge in [-0.1, -0.05) is 76.7 Å². The van der Waals surface area contributed by atoms with Crippen molar-refractivity contribution in [2.24, 2.45) is 0 Å². The van der Waals surface area contributed by atoms with Gasteiger partial charge in [-0.3, -0.25) is 0 Å². The van der Waals surface area contributed by atoms with Gasteiger partial charge in [0.2, 0.25) is 0 Å². The minimum Gasteiger partial charge on any atom is -0.0824 e. The van der Waals surface area contributed by atoms with Gasteiger partial charge in [-0.15, -0.1) is 0 Å². The van der Waals surface area contributed by atoms with Crippen LogP contribution in [0.4, 0.5) is 0 Å². The van der Waals surface area contributed by atoms with Gasteiger partial charge >= 0.3 is 0 Å². The number of rotatable bonds is 2. The fraction of sp³-hybridized carbons (Fsp3) is 0.143. The normalized spacial score (nSPS) is 10.7. The molecule has 0 spiro atoms. The summed E-state index contributed by atoms with van der Waals surface area (Å²) in [5.41, 5.74) is 2.94. The zero-order valence-corrected chi connectivity index (χ0v) is 12.6. The molecule has 0 aliphatic rings. The third kappa shape index (κ3) is 2.62. The quantitative estimate of drug-likeness (QED) is 0.456. The van der Waals surface area contributed by atoms with Crippen molar-refractivity contribution < 1.29 is 0 Å². The Morgan fingerprint density at radius 3 is 1.94 bits per heavy atom. The Labute approximate surface area is 126 Å². The molecule has 0 aliphatic heterocycles. The van der Waals surface area contributed by atoms with E-state index in [0.29, 0.717) is 26.5 Å². The molecule has 0 bridgehead atoms. The van der Waals surface area contributed by atoms with Crippen LogP contribution in [0.5, 0.6) is 0 Å². The van der Waals surface area contributed by atoms with Gasteiger partial charge in [0.25, 0.3) is 0 Å². The molecule has 0 nitrogen and oxygen atoms in total. The van der Waals surface area contributed by atoms with Gasteiger partial charge in [-0.05, 0) is 30.0 Å². The van der Waals surface area contributed by atoms with Crippen molar-refractivity contribution in [1.82, 2.24) is 0 Å². The van der Waals surface area contributed by atoms with E-state index in [1.54, 1.807) is 0 Å². The Kier molecular flexibility index (Phi) is 4.45. The SMILES string of the molecule is Cc1c(Cl)c(Cl)c(Cl)c(Cl)c1Cc1ccccc1. The van der Waals surface area contributed by atoms with Gasteiger partial charge in [0, 0.05) is 0 Å². The molecular formula is C14H10Cl4. The van der Waals surface area contributed by atoms with Gasteiger partial charge in [0.1, 0.15) is 0 Å². The topological polar surface area (TPSA) is 0 Å². The van der Waals surface area contributed by atoms with Crippen molar-refractivity contribution in [3.8, 4) is 0 Å². The molecule has 94 valence electrons. The maximum atomic E-state index is 6.25. The summed E-state index contributed by atoms with van der Waals surface area (Å²) in [6, 6.07) is 10.0. The zero-order valence-electron chi connectivity index (χ0n) is 9.61. The van der Waals surface area contributed by atoms with Crippen molar-refractivity contribution in [2.45, 2.75) is 13.3 Å². The summed E-state index contributed by atoms with van der Waals surface area (Å²) in [4.78, 5) is 0. The number of halogens is 4. The Morgan fingerprint density at radius 1 is 0.778 bits per heavy atom. The van der Waals surface area contributed by atoms with Crippen molar-refractivity contribution in [3.63, 3.8) is 0 Å². The van der Waals surface area contributed by atoms with Crippen LogP contribution in [0.2, 0.25) is 20.1 Å². The van der Waals surface area contributed by atoms with Crippen LogP contribution >= 0.6 is 46.4 Å². The first kappa shape index (κ1) is 14.0. The van der Waals surface area contributed by atoms with E-state index in [1.165, 1.54) is 0 Å². The monoisotopic (exact) mass is 318 g/mol. The van der Waals surface area contributed by atoms with Crippen LogP contribution in [0.3, 0.4) is 0 Å². The summed E-state index contributed by atoms with van der Waals surface area (Å²) in [6.07, 6.45) is 0.683. The molecule has 18 heavy (non-hydrogen) atoms. The molecule has 0 amide bonds. The predicted octanol–water partition coefficient (Wildman–Crippen LogP) is 6.20. The minimum atomic E-state index is 0.317. The molecule has 0 aliphatic carbocycles. The maximum absolute atomic E-state index is 6.25. The molecule has 0 unspecified atom stereocenters. The molecule has 0 radical (unpaired) electrons. The van der Waals surface area contributed by atoms with Gasteiger partial charge < -0.3 is 0 Å². The highest BCUT2D eigenvalue weighted by atomic mass is 35.5. The van der Waals surface area contributed by atoms with Crippen LogP contribution in [-0.2, 0) is 6.42 Å². The second kappa shape index (κ2) is 5.71. The molecule has 2 rings (SSSR count). The van der Waals surface area contributed by atoms with Gasteiger partial charge in [-0.2, -0.15) is 0 Å². The lowest BCUT2D eigenvalue weighted by atomic mass is 10.0. The van der Waals surface area contributed by atoms with Crippen LogP contribution in [0, 0.1) is 6.92 Å². The highest BCUT2D eigenvalue weighted by molar-refractivity contribution is 6.52. The maximum Gasteiger partial charge on any atom is 0.0796 e. The molecule has 4 heteroatoms. The van der Waals surface area contributed by atoms with E-state index in [9.17, 15) is 0 Å². The Bertz CT molecular complexity index is 547. The van der Waals surface area contributed by atoms with Crippen molar-refractivity contribution >= 4 is 46.4 Å². The van der Waals surface area contributed by atoms with E-state index >= 15 is 0 Å². The molecule has 2 aromatic carbocycles. The number of benzene rings is 2. The summed E-state index contributed by atoms with van der Waals surface area (Å²) in [6.45, 7) is 1.90. The Morgan fingerprint density at radius 2 is 1.33 bits per heavy atom. The lowest BCUT2D eigenvalue weighted by Crippen LogP contribution is -1.96. The Balaban J connectivity index is 2.52. The minimum absolute atomic E-state index is 0.317. The fourth-order valence-corrected chi connectivity index (χ4v) is 2.85. The van der Waals surface area contributed by atoms with Crippen molar-refractivity contribution in [1.29, 1.82) is 0 Å². The summed E-state index contributed by atoms with van der Waals surface area (Å²) in [7, 11) is 0. The molecule has 0 atom stereocenters. The van der Waals surface area contributed by atoms with E-state index in [-0.39, 0.29) is 0 Å².